The van der Waals surface area contributed by atoms with Crippen LogP contribution in [0.3, 0.4) is 0 Å². The quantitative estimate of drug-likeness (QED) is 0.511. The Labute approximate surface area is 74.5 Å². The molecular weight excluding hydrogens is 174 g/mol. The van der Waals surface area contributed by atoms with Gasteiger partial charge >= 0.3 is 5.97 Å². The molecule has 1 aliphatic rings. The third-order valence-corrected chi connectivity index (χ3v) is 2.02. The number of rotatable bonds is 2. The first-order chi connectivity index (χ1) is 5.96. The Kier molecular flexibility index (Phi) is 2.18. The summed E-state index contributed by atoms with van der Waals surface area (Å²) in [4.78, 5) is 20.6. The van der Waals surface area contributed by atoms with Crippen LogP contribution >= 0.6 is 0 Å². The molecule has 0 amide bonds. The molecule has 5 heteroatoms. The first-order valence-corrected chi connectivity index (χ1v) is 3.73. The zero-order valence-corrected chi connectivity index (χ0v) is 7.06. The van der Waals surface area contributed by atoms with Crippen molar-refractivity contribution in [1.82, 2.24) is 0 Å². The van der Waals surface area contributed by atoms with Crippen LogP contribution < -0.4 is 0 Å². The molecule has 0 heterocycles. The van der Waals surface area contributed by atoms with E-state index in [1.807, 2.05) is 0 Å². The molecule has 0 aromatic rings. The average molecular weight is 183 g/mol. The van der Waals surface area contributed by atoms with E-state index in [0.29, 0.717) is 0 Å². The fourth-order valence-electron chi connectivity index (χ4n) is 1.02. The molecular formula is C8H9NO4. The van der Waals surface area contributed by atoms with E-state index in [4.69, 9.17) is 5.11 Å². The van der Waals surface area contributed by atoms with Gasteiger partial charge in [-0.05, 0) is 12.2 Å². The number of hydrogen-bond acceptors (Lipinski definition) is 3. The van der Waals surface area contributed by atoms with Crippen LogP contribution in [0.1, 0.15) is 13.3 Å². The second-order valence-corrected chi connectivity index (χ2v) is 3.12. The molecule has 0 saturated heterocycles. The molecule has 0 bridgehead atoms. The Morgan fingerprint density at radius 2 is 2.38 bits per heavy atom. The zero-order chi connectivity index (χ0) is 10.1. The molecule has 1 rings (SSSR count). The van der Waals surface area contributed by atoms with Gasteiger partial charge in [-0.3, -0.25) is 10.1 Å². The van der Waals surface area contributed by atoms with Crippen LogP contribution in [-0.4, -0.2) is 21.5 Å². The van der Waals surface area contributed by atoms with Crippen molar-refractivity contribution in [2.75, 3.05) is 0 Å². The fourth-order valence-corrected chi connectivity index (χ4v) is 1.02. The van der Waals surface area contributed by atoms with Gasteiger partial charge < -0.3 is 5.11 Å². The summed E-state index contributed by atoms with van der Waals surface area (Å²) >= 11 is 0. The summed E-state index contributed by atoms with van der Waals surface area (Å²) in [7, 11) is 0. The molecule has 0 fully saturated rings. The van der Waals surface area contributed by atoms with E-state index >= 15 is 0 Å². The standard InChI is InChI=1S/C8H9NO4/c1-8(9(12)13)4-2-6(3-5-8)7(10)11/h2-4H,5H2,1H3,(H,10,11). The molecule has 1 aliphatic carbocycles. The highest BCUT2D eigenvalue weighted by molar-refractivity contribution is 5.90. The van der Waals surface area contributed by atoms with Gasteiger partial charge in [0.15, 0.2) is 0 Å². The number of aliphatic carboxylic acids is 1. The van der Waals surface area contributed by atoms with Crippen molar-refractivity contribution in [2.24, 2.45) is 0 Å². The predicted octanol–water partition coefficient (Wildman–Crippen LogP) is 0.993. The largest absolute Gasteiger partial charge is 0.478 e. The lowest BCUT2D eigenvalue weighted by Gasteiger charge is -2.17. The van der Waals surface area contributed by atoms with E-state index in [9.17, 15) is 14.9 Å². The second kappa shape index (κ2) is 3.01. The van der Waals surface area contributed by atoms with Gasteiger partial charge in [-0.25, -0.2) is 4.79 Å². The van der Waals surface area contributed by atoms with Crippen LogP contribution in [0.2, 0.25) is 0 Å². The maximum Gasteiger partial charge on any atom is 0.335 e. The van der Waals surface area contributed by atoms with Gasteiger partial charge in [0, 0.05) is 18.3 Å². The molecule has 70 valence electrons. The Bertz CT molecular complexity index is 318. The Morgan fingerprint density at radius 3 is 2.69 bits per heavy atom. The molecule has 0 saturated carbocycles. The highest BCUT2D eigenvalue weighted by Gasteiger charge is 2.35. The molecule has 0 aliphatic heterocycles. The molecule has 13 heavy (non-hydrogen) atoms. The second-order valence-electron chi connectivity index (χ2n) is 3.12. The molecule has 1 N–H and O–H groups in total. The molecule has 0 aromatic carbocycles. The summed E-state index contributed by atoms with van der Waals surface area (Å²) in [6, 6.07) is 0. The average Bonchev–Trinajstić information content (AvgIpc) is 2.04. The van der Waals surface area contributed by atoms with E-state index in [2.05, 4.69) is 0 Å². The van der Waals surface area contributed by atoms with Gasteiger partial charge in [0.2, 0.25) is 5.54 Å². The highest BCUT2D eigenvalue weighted by atomic mass is 16.6. The third kappa shape index (κ3) is 1.74. The van der Waals surface area contributed by atoms with Gasteiger partial charge in [-0.1, -0.05) is 6.08 Å². The zero-order valence-electron chi connectivity index (χ0n) is 7.06. The number of nitrogens with zero attached hydrogens (tertiary/aromatic N) is 1. The molecule has 0 spiro atoms. The van der Waals surface area contributed by atoms with Crippen molar-refractivity contribution in [2.45, 2.75) is 18.9 Å². The van der Waals surface area contributed by atoms with Crippen molar-refractivity contribution in [3.8, 4) is 0 Å². The summed E-state index contributed by atoms with van der Waals surface area (Å²) < 4.78 is 0. The van der Waals surface area contributed by atoms with Gasteiger partial charge in [-0.15, -0.1) is 0 Å². The number of hydrogen-bond donors (Lipinski definition) is 1. The minimum atomic E-state index is -1.15. The number of carbonyl (C=O) groups is 1. The number of nitro groups is 1. The number of carboxylic acid groups (broad SMARTS) is 1. The van der Waals surface area contributed by atoms with Gasteiger partial charge in [0.05, 0.1) is 5.57 Å². The molecule has 0 aromatic heterocycles. The summed E-state index contributed by atoms with van der Waals surface area (Å²) in [5.74, 6) is -1.05. The molecule has 0 radical (unpaired) electrons. The summed E-state index contributed by atoms with van der Waals surface area (Å²) in [5.41, 5.74) is -1.04. The molecule has 1 unspecified atom stereocenters. The van der Waals surface area contributed by atoms with Crippen LogP contribution in [0.25, 0.3) is 0 Å². The third-order valence-electron chi connectivity index (χ3n) is 2.02. The highest BCUT2D eigenvalue weighted by Crippen LogP contribution is 2.23. The van der Waals surface area contributed by atoms with Crippen LogP contribution in [0, 0.1) is 10.1 Å². The molecule has 1 atom stereocenters. The summed E-state index contributed by atoms with van der Waals surface area (Å²) in [6.07, 6.45) is 4.08. The minimum Gasteiger partial charge on any atom is -0.478 e. The van der Waals surface area contributed by atoms with Crippen LogP contribution in [0.4, 0.5) is 0 Å². The van der Waals surface area contributed by atoms with Gasteiger partial charge in [0.25, 0.3) is 0 Å². The van der Waals surface area contributed by atoms with Crippen molar-refractivity contribution in [1.29, 1.82) is 0 Å². The summed E-state index contributed by atoms with van der Waals surface area (Å²) in [5, 5.41) is 19.1. The van der Waals surface area contributed by atoms with Crippen molar-refractivity contribution in [3.63, 3.8) is 0 Å². The summed E-state index contributed by atoms with van der Waals surface area (Å²) in [6.45, 7) is 1.46. The van der Waals surface area contributed by atoms with E-state index in [1.165, 1.54) is 25.2 Å². The lowest BCUT2D eigenvalue weighted by molar-refractivity contribution is -0.549. The monoisotopic (exact) mass is 183 g/mol. The first kappa shape index (κ1) is 9.44. The first-order valence-electron chi connectivity index (χ1n) is 3.73. The Hall–Kier alpha value is -1.65. The lowest BCUT2D eigenvalue weighted by atomic mass is 9.91. The van der Waals surface area contributed by atoms with Crippen molar-refractivity contribution >= 4 is 5.97 Å². The molecule has 5 nitrogen and oxygen atoms in total. The van der Waals surface area contributed by atoms with E-state index in [-0.39, 0.29) is 12.0 Å². The Balaban J connectivity index is 2.85. The van der Waals surface area contributed by atoms with Crippen LogP contribution in [-0.2, 0) is 4.79 Å². The van der Waals surface area contributed by atoms with Gasteiger partial charge in [0.1, 0.15) is 0 Å². The van der Waals surface area contributed by atoms with Gasteiger partial charge in [-0.2, -0.15) is 0 Å². The van der Waals surface area contributed by atoms with Crippen LogP contribution in [0.15, 0.2) is 23.8 Å². The lowest BCUT2D eigenvalue weighted by Crippen LogP contribution is -2.33. The fraction of sp³-hybridized carbons (Fsp3) is 0.375. The maximum absolute atomic E-state index is 10.5. The normalized spacial score (nSPS) is 26.7. The van der Waals surface area contributed by atoms with E-state index in [1.54, 1.807) is 0 Å². The van der Waals surface area contributed by atoms with Crippen LogP contribution in [0.5, 0.6) is 0 Å². The number of carboxylic acids is 1. The smallest absolute Gasteiger partial charge is 0.335 e. The predicted molar refractivity (Wildman–Crippen MR) is 44.9 cm³/mol. The Morgan fingerprint density at radius 1 is 1.77 bits per heavy atom. The van der Waals surface area contributed by atoms with Crippen molar-refractivity contribution < 1.29 is 14.8 Å². The SMILES string of the molecule is CC1([N+](=O)[O-])C=CC(C(=O)O)=CC1. The van der Waals surface area contributed by atoms with E-state index in [0.717, 1.165) is 0 Å². The van der Waals surface area contributed by atoms with E-state index < -0.39 is 16.4 Å². The van der Waals surface area contributed by atoms with Crippen molar-refractivity contribution in [3.05, 3.63) is 33.9 Å². The topological polar surface area (TPSA) is 80.4 Å². The minimum absolute atomic E-state index is 0.110. The maximum atomic E-state index is 10.5.